The lowest BCUT2D eigenvalue weighted by Crippen LogP contribution is -2.51. The molecule has 0 saturated carbocycles. The van der Waals surface area contributed by atoms with Crippen molar-refractivity contribution in [2.45, 2.75) is 25.4 Å². The van der Waals surface area contributed by atoms with Gasteiger partial charge in [-0.1, -0.05) is 6.07 Å². The zero-order valence-corrected chi connectivity index (χ0v) is 17.6. The minimum atomic E-state index is -0.00276. The highest BCUT2D eigenvalue weighted by molar-refractivity contribution is 5.78. The Morgan fingerprint density at radius 3 is 2.84 bits per heavy atom. The number of aromatic nitrogens is 4. The van der Waals surface area contributed by atoms with Gasteiger partial charge in [-0.25, -0.2) is 4.98 Å². The maximum atomic E-state index is 13.1. The SMILES string of the molecule is CN(CC(=O)N1C[C@@H]2C[C@H](C1)c1ccc(-c3ncc[nH]3)c(=O)n1C2)Cc1ccccn1. The van der Waals surface area contributed by atoms with Crippen LogP contribution in [0.5, 0.6) is 0 Å². The summed E-state index contributed by atoms with van der Waals surface area (Å²) < 4.78 is 1.89. The number of rotatable bonds is 5. The van der Waals surface area contributed by atoms with E-state index in [-0.39, 0.29) is 17.4 Å². The monoisotopic (exact) mass is 418 g/mol. The number of piperidine rings is 1. The topological polar surface area (TPSA) is 87.1 Å². The van der Waals surface area contributed by atoms with Gasteiger partial charge in [0.05, 0.1) is 17.8 Å². The van der Waals surface area contributed by atoms with Crippen LogP contribution in [-0.2, 0) is 17.9 Å². The number of nitrogens with zero attached hydrogens (tertiary/aromatic N) is 5. The molecule has 3 aromatic rings. The van der Waals surface area contributed by atoms with Gasteiger partial charge in [-0.2, -0.15) is 0 Å². The summed E-state index contributed by atoms with van der Waals surface area (Å²) in [6, 6.07) is 9.70. The van der Waals surface area contributed by atoms with Gasteiger partial charge in [0.25, 0.3) is 5.56 Å². The summed E-state index contributed by atoms with van der Waals surface area (Å²) in [6.07, 6.45) is 6.17. The first-order valence-corrected chi connectivity index (χ1v) is 10.7. The zero-order chi connectivity index (χ0) is 21.4. The smallest absolute Gasteiger partial charge is 0.261 e. The van der Waals surface area contributed by atoms with Crippen molar-refractivity contribution in [3.8, 4) is 11.4 Å². The highest BCUT2D eigenvalue weighted by atomic mass is 16.2. The van der Waals surface area contributed by atoms with Crippen LogP contribution in [0.25, 0.3) is 11.4 Å². The first kappa shape index (κ1) is 19.7. The molecule has 0 aromatic carbocycles. The van der Waals surface area contributed by atoms with Gasteiger partial charge in [-0.15, -0.1) is 0 Å². The van der Waals surface area contributed by atoms with Crippen molar-refractivity contribution in [2.75, 3.05) is 26.7 Å². The number of nitrogens with one attached hydrogen (secondary N) is 1. The van der Waals surface area contributed by atoms with E-state index < -0.39 is 0 Å². The minimum Gasteiger partial charge on any atom is -0.344 e. The molecule has 0 unspecified atom stereocenters. The lowest BCUT2D eigenvalue weighted by molar-refractivity contribution is -0.135. The molecule has 3 aromatic heterocycles. The number of hydrogen-bond donors (Lipinski definition) is 1. The van der Waals surface area contributed by atoms with Crippen LogP contribution in [0.15, 0.2) is 53.7 Å². The molecule has 1 fully saturated rings. The number of H-pyrrole nitrogens is 1. The van der Waals surface area contributed by atoms with Crippen LogP contribution in [0.1, 0.15) is 23.7 Å². The molecule has 0 spiro atoms. The molecule has 8 heteroatoms. The number of hydrogen-bond acceptors (Lipinski definition) is 5. The lowest BCUT2D eigenvalue weighted by Gasteiger charge is -2.43. The third kappa shape index (κ3) is 3.90. The molecule has 0 aliphatic carbocycles. The van der Waals surface area contributed by atoms with Gasteiger partial charge in [-0.3, -0.25) is 19.5 Å². The van der Waals surface area contributed by atoms with Crippen molar-refractivity contribution in [1.29, 1.82) is 0 Å². The molecule has 31 heavy (non-hydrogen) atoms. The Balaban J connectivity index is 1.30. The molecule has 1 saturated heterocycles. The fraction of sp³-hybridized carbons (Fsp3) is 0.391. The third-order valence-corrected chi connectivity index (χ3v) is 6.27. The second kappa shape index (κ2) is 8.11. The zero-order valence-electron chi connectivity index (χ0n) is 17.6. The molecular formula is C23H26N6O2. The molecule has 1 amide bonds. The van der Waals surface area contributed by atoms with Crippen LogP contribution >= 0.6 is 0 Å². The number of carbonyl (C=O) groups excluding carboxylic acids is 1. The Kier molecular flexibility index (Phi) is 5.15. The molecule has 5 heterocycles. The Morgan fingerprint density at radius 1 is 1.16 bits per heavy atom. The van der Waals surface area contributed by atoms with E-state index in [9.17, 15) is 9.59 Å². The predicted molar refractivity (Wildman–Crippen MR) is 116 cm³/mol. The summed E-state index contributed by atoms with van der Waals surface area (Å²) in [7, 11) is 1.95. The van der Waals surface area contributed by atoms with Crippen LogP contribution in [0.3, 0.4) is 0 Å². The van der Waals surface area contributed by atoms with Crippen LogP contribution < -0.4 is 5.56 Å². The summed E-state index contributed by atoms with van der Waals surface area (Å²) in [5.74, 6) is 1.22. The number of likely N-dealkylation sites (tertiary alicyclic amines) is 1. The van der Waals surface area contributed by atoms with Gasteiger partial charge in [-0.05, 0) is 43.7 Å². The molecule has 5 rings (SSSR count). The van der Waals surface area contributed by atoms with E-state index >= 15 is 0 Å². The van der Waals surface area contributed by atoms with Gasteiger partial charge in [0.15, 0.2) is 0 Å². The molecule has 2 aliphatic heterocycles. The highest BCUT2D eigenvalue weighted by Gasteiger charge is 2.36. The number of pyridine rings is 2. The van der Waals surface area contributed by atoms with Gasteiger partial charge in [0.1, 0.15) is 5.82 Å². The number of carbonyl (C=O) groups is 1. The van der Waals surface area contributed by atoms with E-state index in [0.717, 1.165) is 17.8 Å². The fourth-order valence-electron chi connectivity index (χ4n) is 4.90. The van der Waals surface area contributed by atoms with Crippen molar-refractivity contribution < 1.29 is 4.79 Å². The Bertz CT molecular complexity index is 1120. The van der Waals surface area contributed by atoms with E-state index in [2.05, 4.69) is 15.0 Å². The second-order valence-corrected chi connectivity index (χ2v) is 8.62. The summed E-state index contributed by atoms with van der Waals surface area (Å²) in [5.41, 5.74) is 2.57. The number of likely N-dealkylation sites (N-methyl/N-ethyl adjacent to an activating group) is 1. The maximum absolute atomic E-state index is 13.1. The quantitative estimate of drug-likeness (QED) is 0.682. The number of fused-ring (bicyclic) bond motifs is 4. The molecular weight excluding hydrogens is 392 g/mol. The first-order valence-electron chi connectivity index (χ1n) is 10.7. The molecule has 2 bridgehead atoms. The molecule has 160 valence electrons. The molecule has 8 nitrogen and oxygen atoms in total. The van der Waals surface area contributed by atoms with Crippen LogP contribution in [0.2, 0.25) is 0 Å². The Morgan fingerprint density at radius 2 is 2.06 bits per heavy atom. The second-order valence-electron chi connectivity index (χ2n) is 8.62. The normalized spacial score (nSPS) is 20.0. The average Bonchev–Trinajstić information content (AvgIpc) is 3.29. The van der Waals surface area contributed by atoms with Crippen LogP contribution in [0, 0.1) is 5.92 Å². The summed E-state index contributed by atoms with van der Waals surface area (Å²) in [4.78, 5) is 41.7. The van der Waals surface area contributed by atoms with Gasteiger partial charge in [0.2, 0.25) is 5.91 Å². The summed E-state index contributed by atoms with van der Waals surface area (Å²) in [5, 5.41) is 0. The predicted octanol–water partition coefficient (Wildman–Crippen LogP) is 1.71. The number of aromatic amines is 1. The molecule has 0 radical (unpaired) electrons. The van der Waals surface area contributed by atoms with Crippen LogP contribution in [-0.4, -0.2) is 61.9 Å². The third-order valence-electron chi connectivity index (χ3n) is 6.27. The van der Waals surface area contributed by atoms with Gasteiger partial charge >= 0.3 is 0 Å². The largest absolute Gasteiger partial charge is 0.344 e. The van der Waals surface area contributed by atoms with E-state index in [1.807, 2.05) is 51.7 Å². The average molecular weight is 419 g/mol. The van der Waals surface area contributed by atoms with Crippen molar-refractivity contribution in [3.63, 3.8) is 0 Å². The summed E-state index contributed by atoms with van der Waals surface area (Å²) >= 11 is 0. The van der Waals surface area contributed by atoms with Crippen LogP contribution in [0.4, 0.5) is 0 Å². The molecule has 2 atom stereocenters. The number of amides is 1. The van der Waals surface area contributed by atoms with E-state index in [1.165, 1.54) is 0 Å². The number of imidazole rings is 1. The fourth-order valence-corrected chi connectivity index (χ4v) is 4.90. The van der Waals surface area contributed by atoms with Crippen molar-refractivity contribution in [1.82, 2.24) is 29.3 Å². The molecule has 2 aliphatic rings. The van der Waals surface area contributed by atoms with Crippen molar-refractivity contribution in [2.24, 2.45) is 5.92 Å². The van der Waals surface area contributed by atoms with Gasteiger partial charge in [0, 0.05) is 56.4 Å². The minimum absolute atomic E-state index is 0.00276. The van der Waals surface area contributed by atoms with Crippen molar-refractivity contribution >= 4 is 5.91 Å². The maximum Gasteiger partial charge on any atom is 0.261 e. The van der Waals surface area contributed by atoms with Gasteiger partial charge < -0.3 is 14.5 Å². The summed E-state index contributed by atoms with van der Waals surface area (Å²) in [6.45, 7) is 3.00. The van der Waals surface area contributed by atoms with E-state index in [1.54, 1.807) is 18.6 Å². The molecule has 1 N–H and O–H groups in total. The highest BCUT2D eigenvalue weighted by Crippen LogP contribution is 2.35. The Labute approximate surface area is 180 Å². The lowest BCUT2D eigenvalue weighted by atomic mass is 9.83. The first-order chi connectivity index (χ1) is 15.1. The van der Waals surface area contributed by atoms with E-state index in [4.69, 9.17) is 0 Å². The van der Waals surface area contributed by atoms with E-state index in [0.29, 0.717) is 50.0 Å². The Hall–Kier alpha value is -3.26. The van der Waals surface area contributed by atoms with Crippen molar-refractivity contribution in [3.05, 3.63) is 70.7 Å². The standard InChI is InChI=1S/C23H26N6O2/c1-27(14-18-4-2-3-7-24-18)15-21(30)28-11-16-10-17(13-28)20-6-5-19(22-25-8-9-26-22)23(31)29(20)12-16/h2-9,16-17H,10-15H2,1H3,(H,25,26)/t16-,17+/m0/s1.